The van der Waals surface area contributed by atoms with Gasteiger partial charge in [0.25, 0.3) is 0 Å². The Kier molecular flexibility index (Phi) is 5.84. The van der Waals surface area contributed by atoms with Crippen molar-refractivity contribution in [2.24, 2.45) is 0 Å². The molecule has 3 aromatic rings. The second-order valence-corrected chi connectivity index (χ2v) is 7.53. The van der Waals surface area contributed by atoms with E-state index in [0.29, 0.717) is 23.6 Å². The van der Waals surface area contributed by atoms with Crippen LogP contribution in [-0.4, -0.2) is 49.2 Å². The van der Waals surface area contributed by atoms with Crippen molar-refractivity contribution >= 4 is 22.8 Å². The average molecular weight is 422 g/mol. The highest BCUT2D eigenvalue weighted by molar-refractivity contribution is 6.04. The van der Waals surface area contributed by atoms with Crippen LogP contribution in [0.15, 0.2) is 48.7 Å². The van der Waals surface area contributed by atoms with Crippen LogP contribution in [0, 0.1) is 0 Å². The molecule has 0 radical (unpaired) electrons. The van der Waals surface area contributed by atoms with Crippen molar-refractivity contribution in [1.82, 2.24) is 9.47 Å². The molecule has 1 amide bonds. The first-order valence-electron chi connectivity index (χ1n) is 10.2. The van der Waals surface area contributed by atoms with Gasteiger partial charge >= 0.3 is 5.97 Å². The number of likely N-dealkylation sites (tertiary alicyclic amines) is 1. The van der Waals surface area contributed by atoms with E-state index in [2.05, 4.69) is 0 Å². The molecule has 7 nitrogen and oxygen atoms in total. The lowest BCUT2D eigenvalue weighted by atomic mass is 10.0. The summed E-state index contributed by atoms with van der Waals surface area (Å²) in [5, 5.41) is 0.775. The number of carbonyl (C=O) groups excluding carboxylic acids is 2. The molecule has 4 rings (SSSR count). The third-order valence-electron chi connectivity index (χ3n) is 5.87. The molecular weight excluding hydrogens is 396 g/mol. The zero-order chi connectivity index (χ0) is 22.0. The molecule has 0 N–H and O–H groups in total. The number of aromatic nitrogens is 1. The summed E-state index contributed by atoms with van der Waals surface area (Å²) in [7, 11) is 4.60. The van der Waals surface area contributed by atoms with Gasteiger partial charge in [0.15, 0.2) is 0 Å². The Morgan fingerprint density at radius 1 is 1.06 bits per heavy atom. The first-order chi connectivity index (χ1) is 15.1. The van der Waals surface area contributed by atoms with Crippen molar-refractivity contribution in [3.63, 3.8) is 0 Å². The van der Waals surface area contributed by atoms with E-state index in [1.807, 2.05) is 51.9 Å². The lowest BCUT2D eigenvalue weighted by molar-refractivity contribution is -0.132. The molecule has 31 heavy (non-hydrogen) atoms. The summed E-state index contributed by atoms with van der Waals surface area (Å²) in [6.45, 7) is 0.828. The maximum absolute atomic E-state index is 13.3. The molecule has 7 heteroatoms. The van der Waals surface area contributed by atoms with Gasteiger partial charge in [-0.2, -0.15) is 0 Å². The summed E-state index contributed by atoms with van der Waals surface area (Å²) in [6, 6.07) is 13.2. The number of fused-ring (bicyclic) bond motifs is 1. The fourth-order valence-corrected chi connectivity index (χ4v) is 4.37. The van der Waals surface area contributed by atoms with Gasteiger partial charge in [0.05, 0.1) is 32.9 Å². The summed E-state index contributed by atoms with van der Waals surface area (Å²) >= 11 is 0. The molecule has 1 aliphatic rings. The topological polar surface area (TPSA) is 70.0 Å². The fraction of sp³-hybridized carbons (Fsp3) is 0.333. The lowest BCUT2D eigenvalue weighted by Crippen LogP contribution is -2.33. The van der Waals surface area contributed by atoms with E-state index in [9.17, 15) is 9.59 Å². The number of amides is 1. The molecule has 1 unspecified atom stereocenters. The van der Waals surface area contributed by atoms with E-state index in [-0.39, 0.29) is 18.5 Å². The molecule has 0 bridgehead atoms. The molecule has 1 aromatic heterocycles. The zero-order valence-corrected chi connectivity index (χ0v) is 18.0. The minimum absolute atomic E-state index is 0.00228. The first kappa shape index (κ1) is 20.8. The van der Waals surface area contributed by atoms with E-state index in [1.54, 1.807) is 20.4 Å². The normalized spacial score (nSPS) is 15.8. The Labute approximate surface area is 181 Å². The largest absolute Gasteiger partial charge is 0.497 e. The summed E-state index contributed by atoms with van der Waals surface area (Å²) in [5.41, 5.74) is 2.26. The number of esters is 1. The van der Waals surface area contributed by atoms with E-state index in [4.69, 9.17) is 14.2 Å². The molecule has 1 aliphatic heterocycles. The highest BCUT2D eigenvalue weighted by Gasteiger charge is 2.32. The SMILES string of the molecule is COC(=O)c1cn(CC(=O)N2CCCC2c2ccc(OC)cc2OC)c2ccccc12. The molecule has 1 saturated heterocycles. The number of rotatable bonds is 6. The van der Waals surface area contributed by atoms with Gasteiger partial charge in [-0.3, -0.25) is 4.79 Å². The van der Waals surface area contributed by atoms with Crippen LogP contribution in [0.3, 0.4) is 0 Å². The summed E-state index contributed by atoms with van der Waals surface area (Å²) < 4.78 is 17.6. The van der Waals surface area contributed by atoms with Gasteiger partial charge < -0.3 is 23.7 Å². The third-order valence-corrected chi connectivity index (χ3v) is 5.87. The van der Waals surface area contributed by atoms with Crippen LogP contribution in [0.25, 0.3) is 10.9 Å². The van der Waals surface area contributed by atoms with Crippen molar-refractivity contribution in [1.29, 1.82) is 0 Å². The van der Waals surface area contributed by atoms with Gasteiger partial charge in [-0.15, -0.1) is 0 Å². The number of benzene rings is 2. The van der Waals surface area contributed by atoms with Crippen LogP contribution in [0.1, 0.15) is 34.8 Å². The van der Waals surface area contributed by atoms with Crippen LogP contribution in [-0.2, 0) is 16.1 Å². The Balaban J connectivity index is 1.63. The summed E-state index contributed by atoms with van der Waals surface area (Å²) in [4.78, 5) is 27.4. The molecule has 162 valence electrons. The quantitative estimate of drug-likeness (QED) is 0.565. The fourth-order valence-electron chi connectivity index (χ4n) is 4.37. The maximum atomic E-state index is 13.3. The lowest BCUT2D eigenvalue weighted by Gasteiger charge is -2.27. The van der Waals surface area contributed by atoms with Crippen LogP contribution in [0.4, 0.5) is 0 Å². The van der Waals surface area contributed by atoms with E-state index in [1.165, 1.54) is 7.11 Å². The number of para-hydroxylation sites is 1. The number of hydrogen-bond acceptors (Lipinski definition) is 5. The van der Waals surface area contributed by atoms with Gasteiger partial charge in [0, 0.05) is 35.3 Å². The van der Waals surface area contributed by atoms with Crippen LogP contribution < -0.4 is 9.47 Å². The van der Waals surface area contributed by atoms with Crippen molar-refractivity contribution < 1.29 is 23.8 Å². The first-order valence-corrected chi connectivity index (χ1v) is 10.2. The minimum atomic E-state index is -0.413. The predicted octanol–water partition coefficient (Wildman–Crippen LogP) is 3.81. The molecular formula is C24H26N2O5. The molecule has 2 heterocycles. The van der Waals surface area contributed by atoms with Crippen LogP contribution in [0.2, 0.25) is 0 Å². The number of hydrogen-bond donors (Lipinski definition) is 0. The Morgan fingerprint density at radius 2 is 1.87 bits per heavy atom. The molecule has 0 saturated carbocycles. The molecule has 1 fully saturated rings. The van der Waals surface area contributed by atoms with Crippen molar-refractivity contribution in [3.05, 3.63) is 59.8 Å². The highest BCUT2D eigenvalue weighted by atomic mass is 16.5. The molecule has 0 aliphatic carbocycles. The number of nitrogens with zero attached hydrogens (tertiary/aromatic N) is 2. The molecule has 0 spiro atoms. The van der Waals surface area contributed by atoms with Crippen LogP contribution >= 0.6 is 0 Å². The van der Waals surface area contributed by atoms with Gasteiger partial charge in [-0.1, -0.05) is 18.2 Å². The van der Waals surface area contributed by atoms with E-state index in [0.717, 1.165) is 29.3 Å². The molecule has 1 atom stereocenters. The Morgan fingerprint density at radius 3 is 2.61 bits per heavy atom. The average Bonchev–Trinajstić information content (AvgIpc) is 3.43. The van der Waals surface area contributed by atoms with E-state index >= 15 is 0 Å². The Hall–Kier alpha value is -3.48. The van der Waals surface area contributed by atoms with E-state index < -0.39 is 5.97 Å². The third kappa shape index (κ3) is 3.83. The van der Waals surface area contributed by atoms with Crippen molar-refractivity contribution in [2.45, 2.75) is 25.4 Å². The smallest absolute Gasteiger partial charge is 0.340 e. The monoisotopic (exact) mass is 422 g/mol. The minimum Gasteiger partial charge on any atom is -0.497 e. The second kappa shape index (κ2) is 8.71. The second-order valence-electron chi connectivity index (χ2n) is 7.53. The summed E-state index contributed by atoms with van der Waals surface area (Å²) in [5.74, 6) is 1.01. The maximum Gasteiger partial charge on any atom is 0.340 e. The number of ether oxygens (including phenoxy) is 3. The highest BCUT2D eigenvalue weighted by Crippen LogP contribution is 2.39. The van der Waals surface area contributed by atoms with Gasteiger partial charge in [-0.05, 0) is 31.0 Å². The standard InChI is InChI=1S/C24H26N2O5/c1-29-16-10-11-18(22(13-16)30-2)21-9-6-12-26(21)23(27)15-25-14-19(24(28)31-3)17-7-4-5-8-20(17)25/h4-5,7-8,10-11,13-14,21H,6,9,12,15H2,1-3H3. The number of carbonyl (C=O) groups is 2. The van der Waals surface area contributed by atoms with Crippen LogP contribution in [0.5, 0.6) is 11.5 Å². The van der Waals surface area contributed by atoms with Crippen molar-refractivity contribution in [3.8, 4) is 11.5 Å². The van der Waals surface area contributed by atoms with Gasteiger partial charge in [0.2, 0.25) is 5.91 Å². The number of methoxy groups -OCH3 is 3. The van der Waals surface area contributed by atoms with Gasteiger partial charge in [-0.25, -0.2) is 4.79 Å². The molecule has 2 aromatic carbocycles. The zero-order valence-electron chi connectivity index (χ0n) is 18.0. The van der Waals surface area contributed by atoms with Gasteiger partial charge in [0.1, 0.15) is 18.0 Å². The Bertz CT molecular complexity index is 1120. The predicted molar refractivity (Wildman–Crippen MR) is 117 cm³/mol. The summed E-state index contributed by atoms with van der Waals surface area (Å²) in [6.07, 6.45) is 3.49. The van der Waals surface area contributed by atoms with Crippen molar-refractivity contribution in [2.75, 3.05) is 27.9 Å².